The standard InChI is InChI=1S/C14H20Cl2O/c1-2-3-4-5-6-7-14(17)11-8-12(15)10-13(16)9-11/h8-10,14,17H,2-7H2,1H3. The van der Waals surface area contributed by atoms with Crippen molar-refractivity contribution in [3.05, 3.63) is 33.8 Å². The highest BCUT2D eigenvalue weighted by Crippen LogP contribution is 2.26. The molecular formula is C14H20Cl2O. The molecule has 96 valence electrons. The second-order valence-corrected chi connectivity index (χ2v) is 5.29. The van der Waals surface area contributed by atoms with E-state index in [1.165, 1.54) is 25.7 Å². The molecule has 0 aliphatic carbocycles. The molecule has 0 spiro atoms. The van der Waals surface area contributed by atoms with Crippen molar-refractivity contribution in [3.63, 3.8) is 0 Å². The number of unbranched alkanes of at least 4 members (excludes halogenated alkanes) is 4. The van der Waals surface area contributed by atoms with Crippen molar-refractivity contribution in [2.45, 2.75) is 51.6 Å². The van der Waals surface area contributed by atoms with Gasteiger partial charge in [0.1, 0.15) is 0 Å². The van der Waals surface area contributed by atoms with Crippen LogP contribution in [0.4, 0.5) is 0 Å². The Kier molecular flexibility index (Phi) is 6.94. The maximum atomic E-state index is 10.0. The molecule has 0 radical (unpaired) electrons. The predicted octanol–water partition coefficient (Wildman–Crippen LogP) is 5.39. The molecule has 0 aliphatic heterocycles. The zero-order chi connectivity index (χ0) is 12.7. The normalized spacial score (nSPS) is 12.7. The van der Waals surface area contributed by atoms with Crippen LogP contribution in [-0.4, -0.2) is 5.11 Å². The molecule has 1 atom stereocenters. The molecule has 17 heavy (non-hydrogen) atoms. The summed E-state index contributed by atoms with van der Waals surface area (Å²) in [4.78, 5) is 0. The van der Waals surface area contributed by atoms with Crippen LogP contribution in [-0.2, 0) is 0 Å². The van der Waals surface area contributed by atoms with Crippen molar-refractivity contribution in [1.29, 1.82) is 0 Å². The van der Waals surface area contributed by atoms with Gasteiger partial charge in [-0.1, -0.05) is 62.2 Å². The third-order valence-corrected chi connectivity index (χ3v) is 3.29. The Balaban J connectivity index is 2.38. The van der Waals surface area contributed by atoms with E-state index in [0.29, 0.717) is 10.0 Å². The average molecular weight is 275 g/mol. The molecule has 1 rings (SSSR count). The number of aliphatic hydroxyl groups excluding tert-OH is 1. The minimum Gasteiger partial charge on any atom is -0.388 e. The van der Waals surface area contributed by atoms with Crippen molar-refractivity contribution in [3.8, 4) is 0 Å². The zero-order valence-electron chi connectivity index (χ0n) is 10.3. The molecule has 1 nitrogen and oxygen atoms in total. The molecule has 0 heterocycles. The summed E-state index contributed by atoms with van der Waals surface area (Å²) in [5.74, 6) is 0. The van der Waals surface area contributed by atoms with E-state index < -0.39 is 6.10 Å². The van der Waals surface area contributed by atoms with E-state index in [4.69, 9.17) is 23.2 Å². The minimum atomic E-state index is -0.451. The predicted molar refractivity (Wildman–Crippen MR) is 74.8 cm³/mol. The number of hydrogen-bond donors (Lipinski definition) is 1. The molecule has 3 heteroatoms. The first-order valence-corrected chi connectivity index (χ1v) is 7.03. The van der Waals surface area contributed by atoms with Crippen molar-refractivity contribution < 1.29 is 5.11 Å². The third kappa shape index (κ3) is 5.76. The highest BCUT2D eigenvalue weighted by molar-refractivity contribution is 6.34. The number of benzene rings is 1. The van der Waals surface area contributed by atoms with Crippen LogP contribution in [0.3, 0.4) is 0 Å². The van der Waals surface area contributed by atoms with Gasteiger partial charge < -0.3 is 5.11 Å². The fraction of sp³-hybridized carbons (Fsp3) is 0.571. The molecule has 0 saturated heterocycles. The van der Waals surface area contributed by atoms with Crippen LogP contribution in [0.25, 0.3) is 0 Å². The molecule has 1 aromatic rings. The molecule has 0 aromatic heterocycles. The van der Waals surface area contributed by atoms with Crippen molar-refractivity contribution in [2.75, 3.05) is 0 Å². The highest BCUT2D eigenvalue weighted by Gasteiger charge is 2.08. The van der Waals surface area contributed by atoms with E-state index >= 15 is 0 Å². The van der Waals surface area contributed by atoms with Gasteiger partial charge in [0.05, 0.1) is 6.10 Å². The number of halogens is 2. The van der Waals surface area contributed by atoms with Crippen LogP contribution in [0.2, 0.25) is 10.0 Å². The van der Waals surface area contributed by atoms with Gasteiger partial charge in [-0.05, 0) is 30.2 Å². The first-order chi connectivity index (χ1) is 8.13. The monoisotopic (exact) mass is 274 g/mol. The maximum Gasteiger partial charge on any atom is 0.0791 e. The Morgan fingerprint density at radius 2 is 1.59 bits per heavy atom. The lowest BCUT2D eigenvalue weighted by atomic mass is 10.0. The summed E-state index contributed by atoms with van der Waals surface area (Å²) in [5.41, 5.74) is 0.818. The van der Waals surface area contributed by atoms with Gasteiger partial charge >= 0.3 is 0 Å². The Morgan fingerprint density at radius 1 is 1.00 bits per heavy atom. The first-order valence-electron chi connectivity index (χ1n) is 6.27. The smallest absolute Gasteiger partial charge is 0.0791 e. The molecule has 0 fully saturated rings. The van der Waals surface area contributed by atoms with Crippen LogP contribution in [0.5, 0.6) is 0 Å². The van der Waals surface area contributed by atoms with E-state index in [-0.39, 0.29) is 0 Å². The molecule has 1 N–H and O–H groups in total. The fourth-order valence-electron chi connectivity index (χ4n) is 1.88. The summed E-state index contributed by atoms with van der Waals surface area (Å²) in [6.45, 7) is 2.20. The van der Waals surface area contributed by atoms with E-state index in [1.807, 2.05) is 0 Å². The van der Waals surface area contributed by atoms with E-state index in [2.05, 4.69) is 6.92 Å². The number of aliphatic hydroxyl groups is 1. The Hall–Kier alpha value is -0.240. The van der Waals surface area contributed by atoms with Gasteiger partial charge in [0, 0.05) is 10.0 Å². The summed E-state index contributed by atoms with van der Waals surface area (Å²) in [6, 6.07) is 5.24. The lowest BCUT2D eigenvalue weighted by Gasteiger charge is -2.11. The van der Waals surface area contributed by atoms with Gasteiger partial charge in [0.2, 0.25) is 0 Å². The van der Waals surface area contributed by atoms with Crippen LogP contribution in [0.1, 0.15) is 57.1 Å². The molecule has 1 aromatic carbocycles. The molecular weight excluding hydrogens is 255 g/mol. The van der Waals surface area contributed by atoms with Crippen molar-refractivity contribution in [1.82, 2.24) is 0 Å². The zero-order valence-corrected chi connectivity index (χ0v) is 11.8. The molecule has 0 aliphatic rings. The molecule has 0 saturated carbocycles. The third-order valence-electron chi connectivity index (χ3n) is 2.85. The van der Waals surface area contributed by atoms with Crippen LogP contribution < -0.4 is 0 Å². The maximum absolute atomic E-state index is 10.0. The molecule has 0 amide bonds. The van der Waals surface area contributed by atoms with Crippen molar-refractivity contribution >= 4 is 23.2 Å². The van der Waals surface area contributed by atoms with Gasteiger partial charge in [-0.15, -0.1) is 0 Å². The number of hydrogen-bond acceptors (Lipinski definition) is 1. The highest BCUT2D eigenvalue weighted by atomic mass is 35.5. The van der Waals surface area contributed by atoms with E-state index in [9.17, 15) is 5.11 Å². The largest absolute Gasteiger partial charge is 0.388 e. The first kappa shape index (κ1) is 14.8. The summed E-state index contributed by atoms with van der Waals surface area (Å²) in [5, 5.41) is 11.2. The van der Waals surface area contributed by atoms with Gasteiger partial charge in [-0.25, -0.2) is 0 Å². The lowest BCUT2D eigenvalue weighted by Crippen LogP contribution is -1.97. The Morgan fingerprint density at radius 3 is 2.18 bits per heavy atom. The van der Waals surface area contributed by atoms with Crippen LogP contribution in [0.15, 0.2) is 18.2 Å². The SMILES string of the molecule is CCCCCCCC(O)c1cc(Cl)cc(Cl)c1. The van der Waals surface area contributed by atoms with Crippen LogP contribution >= 0.6 is 23.2 Å². The summed E-state index contributed by atoms with van der Waals surface area (Å²) in [7, 11) is 0. The quantitative estimate of drug-likeness (QED) is 0.662. The molecule has 1 unspecified atom stereocenters. The van der Waals surface area contributed by atoms with Gasteiger partial charge in [-0.2, -0.15) is 0 Å². The topological polar surface area (TPSA) is 20.2 Å². The van der Waals surface area contributed by atoms with E-state index in [1.54, 1.807) is 18.2 Å². The average Bonchev–Trinajstić information content (AvgIpc) is 2.27. The number of rotatable bonds is 7. The van der Waals surface area contributed by atoms with Gasteiger partial charge in [-0.3, -0.25) is 0 Å². The summed E-state index contributed by atoms with van der Waals surface area (Å²) in [6.07, 6.45) is 6.32. The summed E-state index contributed by atoms with van der Waals surface area (Å²) >= 11 is 11.8. The van der Waals surface area contributed by atoms with Crippen molar-refractivity contribution in [2.24, 2.45) is 0 Å². The second-order valence-electron chi connectivity index (χ2n) is 4.42. The van der Waals surface area contributed by atoms with Gasteiger partial charge in [0.25, 0.3) is 0 Å². The van der Waals surface area contributed by atoms with Crippen LogP contribution in [0, 0.1) is 0 Å². The molecule has 0 bridgehead atoms. The lowest BCUT2D eigenvalue weighted by molar-refractivity contribution is 0.163. The summed E-state index contributed by atoms with van der Waals surface area (Å²) < 4.78 is 0. The minimum absolute atomic E-state index is 0.451. The fourth-order valence-corrected chi connectivity index (χ4v) is 2.42. The Labute approximate surface area is 114 Å². The van der Waals surface area contributed by atoms with E-state index in [0.717, 1.165) is 18.4 Å². The Bertz CT molecular complexity index is 319. The van der Waals surface area contributed by atoms with Gasteiger partial charge in [0.15, 0.2) is 0 Å². The second kappa shape index (κ2) is 7.97.